The number of ether oxygens (including phenoxy) is 2. The number of rotatable bonds is 10. The number of aliphatic hydroxyl groups excluding tert-OH is 1. The third-order valence-electron chi connectivity index (χ3n) is 5.87. The molecule has 11 nitrogen and oxygen atoms in total. The van der Waals surface area contributed by atoms with Crippen molar-refractivity contribution in [3.8, 4) is 5.75 Å². The van der Waals surface area contributed by atoms with Crippen molar-refractivity contribution in [1.82, 2.24) is 10.4 Å². The van der Waals surface area contributed by atoms with Crippen molar-refractivity contribution in [3.05, 3.63) is 42.5 Å². The van der Waals surface area contributed by atoms with Crippen LogP contribution in [0.1, 0.15) is 34.6 Å². The summed E-state index contributed by atoms with van der Waals surface area (Å²) in [6, 6.07) is 7.13. The molecule has 0 saturated carbocycles. The molecule has 210 valence electrons. The fourth-order valence-electron chi connectivity index (χ4n) is 3.84. The van der Waals surface area contributed by atoms with Crippen molar-refractivity contribution in [3.63, 3.8) is 0 Å². The van der Waals surface area contributed by atoms with E-state index in [1.807, 2.05) is 20.8 Å². The van der Waals surface area contributed by atoms with Crippen molar-refractivity contribution in [2.24, 2.45) is 11.3 Å². The molecule has 1 aromatic rings. The Kier molecular flexibility index (Phi) is 9.45. The van der Waals surface area contributed by atoms with Gasteiger partial charge in [-0.25, -0.2) is 4.57 Å². The minimum atomic E-state index is -4.23. The molecular weight excluding hydrogens is 539 g/mol. The van der Waals surface area contributed by atoms with E-state index in [1.54, 1.807) is 30.3 Å². The predicted octanol–water partition coefficient (Wildman–Crippen LogP) is 2.71. The average molecular weight is 573 g/mol. The summed E-state index contributed by atoms with van der Waals surface area (Å²) in [5.41, 5.74) is -0.269. The Labute approximate surface area is 226 Å². The molecule has 2 amide bonds. The molecule has 0 aliphatic carbocycles. The molecule has 13 heteroatoms. The first-order valence-corrected chi connectivity index (χ1v) is 14.0. The van der Waals surface area contributed by atoms with Crippen LogP contribution in [0.15, 0.2) is 42.5 Å². The fraction of sp³-hybridized carbons (Fsp3) is 0.560. The summed E-state index contributed by atoms with van der Waals surface area (Å²) in [7, 11) is -4.23. The molecule has 0 spiro atoms. The fourth-order valence-corrected chi connectivity index (χ4v) is 5.67. The van der Waals surface area contributed by atoms with Gasteiger partial charge in [-0.05, 0) is 31.4 Å². The standard InChI is InChI=1S/C25H34ClN2O9P/c1-15(23(32)34-14-24(2,3)4)28-38(33,37-16-9-7-6-8-10-16)35-13-18-20(30)25(5,26)21(36-18)17-11-12-19(29)27-22(17)31/h6-12,15,17-18,20-21,30H,13-14H2,1-5H3,(H,28,33)(H,27,29,31)/t15-,17?,18-,20-,21+,25-,38?/m1/s1. The molecule has 2 unspecified atom stereocenters. The van der Waals surface area contributed by atoms with E-state index < -0.39 is 67.3 Å². The zero-order valence-electron chi connectivity index (χ0n) is 21.9. The van der Waals surface area contributed by atoms with Gasteiger partial charge in [0.2, 0.25) is 11.8 Å². The van der Waals surface area contributed by atoms with Gasteiger partial charge in [0.25, 0.3) is 0 Å². The van der Waals surface area contributed by atoms with Crippen LogP contribution in [0.3, 0.4) is 0 Å². The molecule has 3 rings (SSSR count). The van der Waals surface area contributed by atoms with Gasteiger partial charge >= 0.3 is 13.7 Å². The summed E-state index contributed by atoms with van der Waals surface area (Å²) in [5, 5.41) is 15.6. The molecule has 1 saturated heterocycles. The highest BCUT2D eigenvalue weighted by molar-refractivity contribution is 7.52. The van der Waals surface area contributed by atoms with Gasteiger partial charge in [-0.2, -0.15) is 5.09 Å². The van der Waals surface area contributed by atoms with Crippen molar-refractivity contribution < 1.29 is 42.6 Å². The van der Waals surface area contributed by atoms with Crippen LogP contribution in [0, 0.1) is 11.3 Å². The van der Waals surface area contributed by atoms with Crippen LogP contribution in [0.25, 0.3) is 0 Å². The molecule has 1 fully saturated rings. The number of hydrogen-bond acceptors (Lipinski definition) is 9. The van der Waals surface area contributed by atoms with Gasteiger partial charge in [-0.1, -0.05) is 45.0 Å². The first kappa shape index (κ1) is 30.3. The van der Waals surface area contributed by atoms with Crippen LogP contribution in [0.5, 0.6) is 5.75 Å². The largest absolute Gasteiger partial charge is 0.464 e. The SMILES string of the molecule is C[C@@H](NP(=O)(OC[C@H]1O[C@@H](C2C=CC(=O)NC2=O)[C@](C)(Cl)[C@@H]1O)Oc1ccccc1)C(=O)OCC(C)(C)C. The molecule has 0 radical (unpaired) electrons. The Hall–Kier alpha value is -2.27. The van der Waals surface area contributed by atoms with Gasteiger partial charge < -0.3 is 19.1 Å². The van der Waals surface area contributed by atoms with Crippen molar-refractivity contribution in [2.45, 2.75) is 63.8 Å². The molecule has 1 aromatic carbocycles. The lowest BCUT2D eigenvalue weighted by atomic mass is 9.87. The van der Waals surface area contributed by atoms with Gasteiger partial charge in [0.1, 0.15) is 24.0 Å². The quantitative estimate of drug-likeness (QED) is 0.165. The van der Waals surface area contributed by atoms with E-state index in [0.717, 1.165) is 0 Å². The Morgan fingerprint density at radius 3 is 2.55 bits per heavy atom. The Balaban J connectivity index is 1.74. The van der Waals surface area contributed by atoms with Crippen LogP contribution in [-0.2, 0) is 32.9 Å². The predicted molar refractivity (Wildman–Crippen MR) is 138 cm³/mol. The molecule has 0 aromatic heterocycles. The second kappa shape index (κ2) is 11.9. The van der Waals surface area contributed by atoms with Crippen LogP contribution in [-0.4, -0.2) is 65.3 Å². The molecule has 0 bridgehead atoms. The number of carbonyl (C=O) groups is 3. The number of nitrogens with one attached hydrogen (secondary N) is 2. The minimum Gasteiger partial charge on any atom is -0.464 e. The van der Waals surface area contributed by atoms with Gasteiger partial charge in [-0.15, -0.1) is 11.6 Å². The number of alkyl halides is 1. The highest BCUT2D eigenvalue weighted by Crippen LogP contribution is 2.47. The van der Waals surface area contributed by atoms with Crippen molar-refractivity contribution in [1.29, 1.82) is 0 Å². The summed E-state index contributed by atoms with van der Waals surface area (Å²) in [4.78, 5) is 34.9. The summed E-state index contributed by atoms with van der Waals surface area (Å²) >= 11 is 6.58. The van der Waals surface area contributed by atoms with Crippen LogP contribution >= 0.6 is 19.3 Å². The van der Waals surface area contributed by atoms with E-state index in [9.17, 15) is 24.1 Å². The summed E-state index contributed by atoms with van der Waals surface area (Å²) < 4.78 is 36.2. The second-order valence-electron chi connectivity index (χ2n) is 10.6. The summed E-state index contributed by atoms with van der Waals surface area (Å²) in [6.07, 6.45) is -0.930. The minimum absolute atomic E-state index is 0.148. The number of hydrogen-bond donors (Lipinski definition) is 3. The number of carbonyl (C=O) groups excluding carboxylic acids is 3. The number of imide groups is 1. The van der Waals surface area contributed by atoms with Gasteiger partial charge in [0.05, 0.1) is 30.1 Å². The van der Waals surface area contributed by atoms with Crippen molar-refractivity contribution in [2.75, 3.05) is 13.2 Å². The van der Waals surface area contributed by atoms with Gasteiger partial charge in [0, 0.05) is 6.08 Å². The zero-order chi connectivity index (χ0) is 28.3. The lowest BCUT2D eigenvalue weighted by Crippen LogP contribution is -2.50. The molecular formula is C25H34ClN2O9P. The zero-order valence-corrected chi connectivity index (χ0v) is 23.5. The first-order valence-electron chi connectivity index (χ1n) is 12.1. The van der Waals surface area contributed by atoms with Gasteiger partial charge in [0.15, 0.2) is 0 Å². The van der Waals surface area contributed by atoms with Crippen LogP contribution in [0.4, 0.5) is 0 Å². The lowest BCUT2D eigenvalue weighted by Gasteiger charge is -2.30. The van der Waals surface area contributed by atoms with Gasteiger partial charge in [-0.3, -0.25) is 24.2 Å². The monoisotopic (exact) mass is 572 g/mol. The third-order valence-corrected chi connectivity index (χ3v) is 7.95. The Bertz CT molecular complexity index is 1110. The first-order chi connectivity index (χ1) is 17.6. The highest BCUT2D eigenvalue weighted by atomic mass is 35.5. The third kappa shape index (κ3) is 7.65. The second-order valence-corrected chi connectivity index (χ2v) is 13.2. The van der Waals surface area contributed by atoms with Crippen molar-refractivity contribution >= 4 is 37.1 Å². The topological polar surface area (TPSA) is 149 Å². The normalized spacial score (nSPS) is 29.9. The molecule has 38 heavy (non-hydrogen) atoms. The van der Waals surface area contributed by atoms with E-state index in [4.69, 9.17) is 30.1 Å². The Morgan fingerprint density at radius 2 is 1.95 bits per heavy atom. The maximum Gasteiger partial charge on any atom is 0.459 e. The summed E-state index contributed by atoms with van der Waals surface area (Å²) in [5.74, 6) is -2.58. The average Bonchev–Trinajstić information content (AvgIpc) is 3.04. The van der Waals surface area contributed by atoms with Crippen LogP contribution < -0.4 is 14.9 Å². The maximum absolute atomic E-state index is 13.7. The summed E-state index contributed by atoms with van der Waals surface area (Å²) in [6.45, 7) is 8.35. The van der Waals surface area contributed by atoms with Crippen LogP contribution in [0.2, 0.25) is 0 Å². The van der Waals surface area contributed by atoms with E-state index >= 15 is 0 Å². The number of halogens is 1. The lowest BCUT2D eigenvalue weighted by molar-refractivity contribution is -0.148. The molecule has 2 aliphatic heterocycles. The molecule has 2 heterocycles. The molecule has 7 atom stereocenters. The van der Waals surface area contributed by atoms with E-state index in [2.05, 4.69) is 10.4 Å². The number of aliphatic hydroxyl groups is 1. The van der Waals surface area contributed by atoms with E-state index in [0.29, 0.717) is 0 Å². The Morgan fingerprint density at radius 1 is 1.29 bits per heavy atom. The number of amides is 2. The smallest absolute Gasteiger partial charge is 0.459 e. The van der Waals surface area contributed by atoms with E-state index in [1.165, 1.54) is 26.0 Å². The molecule has 3 N–H and O–H groups in total. The number of para-hydroxylation sites is 1. The maximum atomic E-state index is 13.7. The highest BCUT2D eigenvalue weighted by Gasteiger charge is 2.56. The molecule has 2 aliphatic rings. The van der Waals surface area contributed by atoms with E-state index in [-0.39, 0.29) is 17.8 Å². The number of benzene rings is 1. The number of esters is 1.